The Morgan fingerprint density at radius 1 is 1.06 bits per heavy atom. The van der Waals surface area contributed by atoms with Crippen LogP contribution in [0.1, 0.15) is 19.4 Å². The third kappa shape index (κ3) is 6.08. The minimum atomic E-state index is -3.81. The summed E-state index contributed by atoms with van der Waals surface area (Å²) in [7, 11) is -3.81. The molecule has 2 amide bonds. The highest BCUT2D eigenvalue weighted by Crippen LogP contribution is 2.21. The first kappa shape index (κ1) is 24.7. The predicted molar refractivity (Wildman–Crippen MR) is 125 cm³/mol. The molecule has 0 aliphatic carbocycles. The Hall–Kier alpha value is -2.98. The van der Waals surface area contributed by atoms with Crippen molar-refractivity contribution < 1.29 is 22.4 Å². The average molecular weight is 477 g/mol. The first-order valence-electron chi connectivity index (χ1n) is 10.8. The third-order valence-corrected chi connectivity index (χ3v) is 7.38. The van der Waals surface area contributed by atoms with Crippen molar-refractivity contribution in [3.8, 4) is 0 Å². The molecule has 1 heterocycles. The second kappa shape index (κ2) is 10.3. The van der Waals surface area contributed by atoms with E-state index in [0.29, 0.717) is 5.69 Å². The van der Waals surface area contributed by atoms with Gasteiger partial charge in [0.1, 0.15) is 5.82 Å². The predicted octanol–water partition coefficient (Wildman–Crippen LogP) is 2.67. The highest BCUT2D eigenvalue weighted by molar-refractivity contribution is 7.89. The van der Waals surface area contributed by atoms with Gasteiger partial charge in [-0.2, -0.15) is 4.31 Å². The van der Waals surface area contributed by atoms with E-state index in [0.717, 1.165) is 17.3 Å². The largest absolute Gasteiger partial charge is 0.376 e. The van der Waals surface area contributed by atoms with Gasteiger partial charge in [0, 0.05) is 43.5 Å². The monoisotopic (exact) mass is 476 g/mol. The van der Waals surface area contributed by atoms with Crippen LogP contribution in [0.4, 0.5) is 15.8 Å². The lowest BCUT2D eigenvalue weighted by Gasteiger charge is -2.34. The van der Waals surface area contributed by atoms with Gasteiger partial charge in [0.15, 0.2) is 0 Å². The van der Waals surface area contributed by atoms with Crippen LogP contribution in [0.15, 0.2) is 47.4 Å². The molecular formula is C23H29FN4O4S. The number of rotatable bonds is 7. The van der Waals surface area contributed by atoms with E-state index in [1.54, 1.807) is 17.0 Å². The summed E-state index contributed by atoms with van der Waals surface area (Å²) >= 11 is 0. The van der Waals surface area contributed by atoms with E-state index in [4.69, 9.17) is 0 Å². The molecule has 0 atom stereocenters. The number of benzene rings is 2. The SMILES string of the molecule is Cc1ccc(NC(=O)C(C)C)cc1NCC(=O)N1CCN(S(=O)(=O)c2cccc(F)c2)CC1. The van der Waals surface area contributed by atoms with Crippen LogP contribution in [0, 0.1) is 18.7 Å². The van der Waals surface area contributed by atoms with Gasteiger partial charge in [-0.25, -0.2) is 12.8 Å². The van der Waals surface area contributed by atoms with Crippen LogP contribution in [0.25, 0.3) is 0 Å². The molecule has 1 fully saturated rings. The van der Waals surface area contributed by atoms with Crippen LogP contribution in [-0.2, 0) is 19.6 Å². The number of aryl methyl sites for hydroxylation is 1. The Morgan fingerprint density at radius 2 is 1.76 bits per heavy atom. The maximum Gasteiger partial charge on any atom is 0.243 e. The second-order valence-corrected chi connectivity index (χ2v) is 10.2. The molecule has 2 aromatic carbocycles. The van der Waals surface area contributed by atoms with Gasteiger partial charge in [0.2, 0.25) is 21.8 Å². The Kier molecular flexibility index (Phi) is 7.70. The number of hydrogen-bond donors (Lipinski definition) is 2. The van der Waals surface area contributed by atoms with E-state index < -0.39 is 15.8 Å². The van der Waals surface area contributed by atoms with Crippen molar-refractivity contribution in [3.05, 3.63) is 53.8 Å². The Labute approximate surface area is 193 Å². The lowest BCUT2D eigenvalue weighted by atomic mass is 10.1. The number of carbonyl (C=O) groups excluding carboxylic acids is 2. The van der Waals surface area contributed by atoms with E-state index in [-0.39, 0.29) is 55.4 Å². The van der Waals surface area contributed by atoms with Gasteiger partial charge < -0.3 is 15.5 Å². The molecule has 1 aliphatic heterocycles. The molecule has 1 saturated heterocycles. The molecular weight excluding hydrogens is 447 g/mol. The van der Waals surface area contributed by atoms with Gasteiger partial charge in [-0.1, -0.05) is 26.0 Å². The molecule has 0 unspecified atom stereocenters. The van der Waals surface area contributed by atoms with Crippen molar-refractivity contribution in [1.29, 1.82) is 0 Å². The fourth-order valence-electron chi connectivity index (χ4n) is 3.41. The Balaban J connectivity index is 1.56. The quantitative estimate of drug-likeness (QED) is 0.640. The van der Waals surface area contributed by atoms with Crippen molar-refractivity contribution >= 4 is 33.2 Å². The minimum absolute atomic E-state index is 0.0407. The second-order valence-electron chi connectivity index (χ2n) is 8.27. The number of halogens is 1. The molecule has 3 rings (SSSR count). The van der Waals surface area contributed by atoms with Gasteiger partial charge in [0.05, 0.1) is 11.4 Å². The van der Waals surface area contributed by atoms with E-state index >= 15 is 0 Å². The van der Waals surface area contributed by atoms with E-state index in [1.807, 2.05) is 26.8 Å². The fraction of sp³-hybridized carbons (Fsp3) is 0.391. The molecule has 2 aromatic rings. The number of anilines is 2. The number of amides is 2. The van der Waals surface area contributed by atoms with Crippen molar-refractivity contribution in [2.24, 2.45) is 5.92 Å². The molecule has 0 spiro atoms. The third-order valence-electron chi connectivity index (χ3n) is 5.48. The zero-order valence-corrected chi connectivity index (χ0v) is 19.8. The first-order chi connectivity index (χ1) is 15.6. The van der Waals surface area contributed by atoms with Crippen LogP contribution in [0.2, 0.25) is 0 Å². The van der Waals surface area contributed by atoms with Gasteiger partial charge in [-0.05, 0) is 42.8 Å². The van der Waals surface area contributed by atoms with E-state index in [2.05, 4.69) is 10.6 Å². The molecule has 1 aliphatic rings. The topological polar surface area (TPSA) is 98.8 Å². The van der Waals surface area contributed by atoms with Crippen LogP contribution in [0.3, 0.4) is 0 Å². The Morgan fingerprint density at radius 3 is 2.39 bits per heavy atom. The van der Waals surface area contributed by atoms with Crippen molar-refractivity contribution in [3.63, 3.8) is 0 Å². The molecule has 0 radical (unpaired) electrons. The summed E-state index contributed by atoms with van der Waals surface area (Å²) in [5.41, 5.74) is 2.30. The van der Waals surface area contributed by atoms with Gasteiger partial charge in [0.25, 0.3) is 0 Å². The van der Waals surface area contributed by atoms with Gasteiger partial charge >= 0.3 is 0 Å². The molecule has 10 heteroatoms. The molecule has 0 aromatic heterocycles. The highest BCUT2D eigenvalue weighted by atomic mass is 32.2. The van der Waals surface area contributed by atoms with Crippen LogP contribution in [-0.4, -0.2) is 62.2 Å². The number of nitrogens with one attached hydrogen (secondary N) is 2. The van der Waals surface area contributed by atoms with E-state index in [1.165, 1.54) is 22.5 Å². The molecule has 178 valence electrons. The zero-order valence-electron chi connectivity index (χ0n) is 19.0. The summed E-state index contributed by atoms with van der Waals surface area (Å²) in [5, 5.41) is 5.95. The minimum Gasteiger partial charge on any atom is -0.376 e. The summed E-state index contributed by atoms with van der Waals surface area (Å²) in [5.74, 6) is -1.01. The number of sulfonamides is 1. The van der Waals surface area contributed by atoms with Crippen LogP contribution in [0.5, 0.6) is 0 Å². The maximum absolute atomic E-state index is 13.4. The summed E-state index contributed by atoms with van der Waals surface area (Å²) in [6, 6.07) is 10.4. The number of hydrogen-bond acceptors (Lipinski definition) is 5. The normalized spacial score (nSPS) is 14.9. The number of carbonyl (C=O) groups is 2. The standard InChI is InChI=1S/C23H29FN4O4S/c1-16(2)23(30)26-19-8-7-17(3)21(14-19)25-15-22(29)27-9-11-28(12-10-27)33(31,32)20-6-4-5-18(24)13-20/h4-8,13-14,16,25H,9-12,15H2,1-3H3,(H,26,30). The number of nitrogens with zero attached hydrogens (tertiary/aromatic N) is 2. The molecule has 0 bridgehead atoms. The van der Waals surface area contributed by atoms with Crippen LogP contribution < -0.4 is 10.6 Å². The van der Waals surface area contributed by atoms with Gasteiger partial charge in [-0.15, -0.1) is 0 Å². The maximum atomic E-state index is 13.4. The lowest BCUT2D eigenvalue weighted by molar-refractivity contribution is -0.130. The average Bonchev–Trinajstić information content (AvgIpc) is 2.79. The van der Waals surface area contributed by atoms with Gasteiger partial charge in [-0.3, -0.25) is 9.59 Å². The summed E-state index contributed by atoms with van der Waals surface area (Å²) < 4.78 is 40.2. The first-order valence-corrected chi connectivity index (χ1v) is 12.2. The molecule has 8 nitrogen and oxygen atoms in total. The van der Waals surface area contributed by atoms with Crippen molar-refractivity contribution in [2.75, 3.05) is 43.4 Å². The van der Waals surface area contributed by atoms with Crippen molar-refractivity contribution in [1.82, 2.24) is 9.21 Å². The van der Waals surface area contributed by atoms with Crippen molar-refractivity contribution in [2.45, 2.75) is 25.7 Å². The lowest BCUT2D eigenvalue weighted by Crippen LogP contribution is -2.51. The zero-order chi connectivity index (χ0) is 24.2. The smallest absolute Gasteiger partial charge is 0.243 e. The van der Waals surface area contributed by atoms with E-state index in [9.17, 15) is 22.4 Å². The number of piperazine rings is 1. The Bertz CT molecular complexity index is 1130. The molecule has 0 saturated carbocycles. The fourth-order valence-corrected chi connectivity index (χ4v) is 4.87. The highest BCUT2D eigenvalue weighted by Gasteiger charge is 2.30. The summed E-state index contributed by atoms with van der Waals surface area (Å²) in [6.07, 6.45) is 0. The summed E-state index contributed by atoms with van der Waals surface area (Å²) in [4.78, 5) is 26.1. The summed E-state index contributed by atoms with van der Waals surface area (Å²) in [6.45, 7) is 6.34. The molecule has 33 heavy (non-hydrogen) atoms. The van der Waals surface area contributed by atoms with Crippen LogP contribution >= 0.6 is 0 Å². The molecule has 2 N–H and O–H groups in total.